The molecule has 182 valence electrons. The monoisotopic (exact) mass is 464 g/mol. The predicted molar refractivity (Wildman–Crippen MR) is 116 cm³/mol. The lowest BCUT2D eigenvalue weighted by Gasteiger charge is -2.29. The Morgan fingerprint density at radius 1 is 1.18 bits per heavy atom. The Balaban J connectivity index is 0.000000454. The van der Waals surface area contributed by atoms with Gasteiger partial charge in [-0.1, -0.05) is 6.92 Å². The molecule has 2 atom stereocenters. The zero-order chi connectivity index (χ0) is 23.8. The van der Waals surface area contributed by atoms with Crippen LogP contribution in [0.2, 0.25) is 0 Å². The number of aliphatic carboxylic acids is 2. The van der Waals surface area contributed by atoms with E-state index in [9.17, 15) is 4.79 Å². The number of likely N-dealkylation sites (tertiary alicyclic amines) is 1. The summed E-state index contributed by atoms with van der Waals surface area (Å²) in [5, 5.41) is 14.8. The summed E-state index contributed by atoms with van der Waals surface area (Å²) in [5.41, 5.74) is 1.63. The van der Waals surface area contributed by atoms with Gasteiger partial charge in [-0.15, -0.1) is 0 Å². The molecular formula is C23H32N2O8. The highest BCUT2D eigenvalue weighted by Crippen LogP contribution is 2.42. The van der Waals surface area contributed by atoms with Gasteiger partial charge >= 0.3 is 11.9 Å². The van der Waals surface area contributed by atoms with Crippen molar-refractivity contribution in [3.63, 3.8) is 0 Å². The lowest BCUT2D eigenvalue weighted by molar-refractivity contribution is -0.159. The number of fused-ring (bicyclic) bond motifs is 1. The molecule has 1 aromatic heterocycles. The summed E-state index contributed by atoms with van der Waals surface area (Å²) in [5.74, 6) is -2.62. The molecule has 0 bridgehead atoms. The number of amides is 1. The Hall–Kier alpha value is -2.56. The van der Waals surface area contributed by atoms with E-state index < -0.39 is 11.9 Å². The molecule has 0 aliphatic carbocycles. The van der Waals surface area contributed by atoms with Gasteiger partial charge in [-0.25, -0.2) is 9.59 Å². The summed E-state index contributed by atoms with van der Waals surface area (Å²) in [7, 11) is 0. The van der Waals surface area contributed by atoms with Crippen LogP contribution in [0.5, 0.6) is 0 Å². The molecule has 1 aromatic rings. The maximum atomic E-state index is 12.9. The second-order valence-corrected chi connectivity index (χ2v) is 8.83. The molecule has 3 fully saturated rings. The Labute approximate surface area is 192 Å². The zero-order valence-electron chi connectivity index (χ0n) is 18.9. The van der Waals surface area contributed by atoms with E-state index in [0.29, 0.717) is 37.2 Å². The number of carbonyl (C=O) groups is 3. The van der Waals surface area contributed by atoms with E-state index in [1.54, 1.807) is 6.20 Å². The molecular weight excluding hydrogens is 432 g/mol. The van der Waals surface area contributed by atoms with E-state index in [2.05, 4.69) is 11.9 Å². The first kappa shape index (κ1) is 25.1. The van der Waals surface area contributed by atoms with E-state index in [-0.39, 0.29) is 11.3 Å². The number of aryl methyl sites for hydroxylation is 1. The highest BCUT2D eigenvalue weighted by molar-refractivity contribution is 6.27. The molecule has 1 amide bonds. The molecule has 0 radical (unpaired) electrons. The molecule has 4 rings (SSSR count). The number of carbonyl (C=O) groups excluding carboxylic acids is 1. The molecule has 3 aliphatic heterocycles. The van der Waals surface area contributed by atoms with Gasteiger partial charge in [0, 0.05) is 56.1 Å². The quantitative estimate of drug-likeness (QED) is 0.598. The standard InChI is InChI=1S/C21H30N2O4.C2H2O4/c1-2-19-4-3-17(9-22-19)20(24)23-10-18-12-27-15-21(18,13-23)14-26-11-16-5-7-25-8-6-16;3-1(4)2(5)6/h3-4,9,16,18H,2,5-8,10-15H2,1H3;(H,3,4)(H,5,6)/t18-,21-;/m1./s1. The third kappa shape index (κ3) is 6.49. The van der Waals surface area contributed by atoms with Crippen molar-refractivity contribution in [3.05, 3.63) is 29.6 Å². The van der Waals surface area contributed by atoms with Crippen molar-refractivity contribution in [2.75, 3.05) is 52.7 Å². The smallest absolute Gasteiger partial charge is 0.414 e. The number of rotatable bonds is 6. The number of ether oxygens (including phenoxy) is 3. The van der Waals surface area contributed by atoms with Crippen LogP contribution in [0.15, 0.2) is 18.3 Å². The molecule has 0 unspecified atom stereocenters. The van der Waals surface area contributed by atoms with Gasteiger partial charge in [0.2, 0.25) is 0 Å². The number of hydrogen-bond acceptors (Lipinski definition) is 7. The van der Waals surface area contributed by atoms with Crippen LogP contribution < -0.4 is 0 Å². The number of nitrogens with zero attached hydrogens (tertiary/aromatic N) is 2. The van der Waals surface area contributed by atoms with Crippen LogP contribution >= 0.6 is 0 Å². The van der Waals surface area contributed by atoms with Gasteiger partial charge in [-0.3, -0.25) is 9.78 Å². The molecule has 0 aromatic carbocycles. The molecule has 10 heteroatoms. The van der Waals surface area contributed by atoms with E-state index in [1.165, 1.54) is 0 Å². The van der Waals surface area contributed by atoms with Gasteiger partial charge in [0.15, 0.2) is 0 Å². The number of carboxylic acids is 2. The van der Waals surface area contributed by atoms with Crippen LogP contribution in [0, 0.1) is 17.3 Å². The van der Waals surface area contributed by atoms with E-state index in [1.807, 2.05) is 17.0 Å². The fourth-order valence-electron chi connectivity index (χ4n) is 4.48. The normalized spacial score (nSPS) is 24.6. The molecule has 0 saturated carbocycles. The van der Waals surface area contributed by atoms with Crippen molar-refractivity contribution in [1.29, 1.82) is 0 Å². The van der Waals surface area contributed by atoms with Crippen molar-refractivity contribution >= 4 is 17.8 Å². The van der Waals surface area contributed by atoms with E-state index in [4.69, 9.17) is 34.0 Å². The largest absolute Gasteiger partial charge is 0.473 e. The maximum absolute atomic E-state index is 12.9. The second-order valence-electron chi connectivity index (χ2n) is 8.83. The minimum atomic E-state index is -1.82. The minimum absolute atomic E-state index is 0.0579. The lowest BCUT2D eigenvalue weighted by atomic mass is 9.82. The third-order valence-corrected chi connectivity index (χ3v) is 6.51. The van der Waals surface area contributed by atoms with Gasteiger partial charge in [0.25, 0.3) is 5.91 Å². The zero-order valence-corrected chi connectivity index (χ0v) is 18.9. The molecule has 3 aliphatic rings. The molecule has 3 saturated heterocycles. The molecule has 0 spiro atoms. The predicted octanol–water partition coefficient (Wildman–Crippen LogP) is 1.33. The first-order valence-corrected chi connectivity index (χ1v) is 11.3. The average Bonchev–Trinajstić information content (AvgIpc) is 3.37. The average molecular weight is 465 g/mol. The summed E-state index contributed by atoms with van der Waals surface area (Å²) in [6.45, 7) is 8.07. The van der Waals surface area contributed by atoms with Crippen LogP contribution in [0.1, 0.15) is 35.8 Å². The van der Waals surface area contributed by atoms with Crippen molar-refractivity contribution in [1.82, 2.24) is 9.88 Å². The van der Waals surface area contributed by atoms with Crippen molar-refractivity contribution in [2.45, 2.75) is 26.2 Å². The Bertz CT molecular complexity index is 812. The third-order valence-electron chi connectivity index (χ3n) is 6.51. The SMILES string of the molecule is CCc1ccc(C(=O)N2C[C@@H]3COC[C@]3(COCC3CCOCC3)C2)cn1.O=C(O)C(=O)O. The summed E-state index contributed by atoms with van der Waals surface area (Å²) < 4.78 is 17.3. The maximum Gasteiger partial charge on any atom is 0.414 e. The van der Waals surface area contributed by atoms with Crippen LogP contribution in [0.4, 0.5) is 0 Å². The number of pyridine rings is 1. The number of hydrogen-bond donors (Lipinski definition) is 2. The van der Waals surface area contributed by atoms with Crippen molar-refractivity contribution < 1.29 is 38.8 Å². The van der Waals surface area contributed by atoms with Crippen molar-refractivity contribution in [2.24, 2.45) is 17.3 Å². The lowest BCUT2D eigenvalue weighted by Crippen LogP contribution is -2.38. The Morgan fingerprint density at radius 3 is 2.52 bits per heavy atom. The summed E-state index contributed by atoms with van der Waals surface area (Å²) in [4.78, 5) is 37.5. The van der Waals surface area contributed by atoms with Crippen molar-refractivity contribution in [3.8, 4) is 0 Å². The van der Waals surface area contributed by atoms with E-state index >= 15 is 0 Å². The summed E-state index contributed by atoms with van der Waals surface area (Å²) >= 11 is 0. The Kier molecular flexibility index (Phi) is 8.76. The first-order valence-electron chi connectivity index (χ1n) is 11.3. The summed E-state index contributed by atoms with van der Waals surface area (Å²) in [6.07, 6.45) is 4.75. The highest BCUT2D eigenvalue weighted by atomic mass is 16.5. The molecule has 4 heterocycles. The number of carboxylic acid groups (broad SMARTS) is 2. The van der Waals surface area contributed by atoms with Crippen LogP contribution in [0.3, 0.4) is 0 Å². The van der Waals surface area contributed by atoms with Crippen LogP contribution in [0.25, 0.3) is 0 Å². The van der Waals surface area contributed by atoms with Crippen LogP contribution in [-0.4, -0.2) is 90.7 Å². The van der Waals surface area contributed by atoms with Gasteiger partial charge in [0.05, 0.1) is 25.4 Å². The highest BCUT2D eigenvalue weighted by Gasteiger charge is 2.52. The second kappa shape index (κ2) is 11.5. The van der Waals surface area contributed by atoms with Crippen LogP contribution in [-0.2, 0) is 30.2 Å². The Morgan fingerprint density at radius 2 is 1.91 bits per heavy atom. The fraction of sp³-hybridized carbons (Fsp3) is 0.652. The topological polar surface area (TPSA) is 135 Å². The fourth-order valence-corrected chi connectivity index (χ4v) is 4.48. The van der Waals surface area contributed by atoms with Gasteiger partial charge in [0.1, 0.15) is 0 Å². The van der Waals surface area contributed by atoms with Gasteiger partial charge in [-0.05, 0) is 37.3 Å². The summed E-state index contributed by atoms with van der Waals surface area (Å²) in [6, 6.07) is 3.84. The molecule has 10 nitrogen and oxygen atoms in total. The molecule has 2 N–H and O–H groups in total. The minimum Gasteiger partial charge on any atom is -0.473 e. The van der Waals surface area contributed by atoms with Gasteiger partial charge < -0.3 is 29.3 Å². The number of aromatic nitrogens is 1. The van der Waals surface area contributed by atoms with E-state index in [0.717, 1.165) is 57.9 Å². The molecule has 33 heavy (non-hydrogen) atoms. The first-order chi connectivity index (χ1) is 15.8. The van der Waals surface area contributed by atoms with Gasteiger partial charge in [-0.2, -0.15) is 0 Å².